The van der Waals surface area contributed by atoms with Gasteiger partial charge >= 0.3 is 5.97 Å². The van der Waals surface area contributed by atoms with Crippen molar-refractivity contribution in [3.8, 4) is 0 Å². The van der Waals surface area contributed by atoms with Crippen LogP contribution >= 0.6 is 0 Å². The number of carboxylic acids is 1. The van der Waals surface area contributed by atoms with Crippen molar-refractivity contribution in [1.82, 2.24) is 4.57 Å². The van der Waals surface area contributed by atoms with Crippen LogP contribution in [0.1, 0.15) is 11.1 Å². The lowest BCUT2D eigenvalue weighted by Gasteiger charge is -2.08. The van der Waals surface area contributed by atoms with Gasteiger partial charge < -0.3 is 15.4 Å². The lowest BCUT2D eigenvalue weighted by atomic mass is 10.1. The molecule has 0 spiro atoms. The summed E-state index contributed by atoms with van der Waals surface area (Å²) in [5, 5.41) is 10.00. The molecule has 3 N–H and O–H groups in total. The Morgan fingerprint density at radius 1 is 1.05 bits per heavy atom. The van der Waals surface area contributed by atoms with Gasteiger partial charge in [0.2, 0.25) is 0 Å². The first-order valence-corrected chi connectivity index (χ1v) is 6.78. The predicted octanol–water partition coefficient (Wildman–Crippen LogP) is 2.90. The maximum Gasteiger partial charge on any atom is 0.307 e. The summed E-state index contributed by atoms with van der Waals surface area (Å²) in [6, 6.07) is 17.7. The molecule has 4 nitrogen and oxygen atoms in total. The fourth-order valence-electron chi connectivity index (χ4n) is 2.67. The summed E-state index contributed by atoms with van der Waals surface area (Å²) in [6.45, 7) is 0.632. The molecule has 1 aromatic heterocycles. The van der Waals surface area contributed by atoms with E-state index in [4.69, 9.17) is 10.8 Å². The Kier molecular flexibility index (Phi) is 3.36. The summed E-state index contributed by atoms with van der Waals surface area (Å²) in [4.78, 5) is 11.1. The summed E-state index contributed by atoms with van der Waals surface area (Å²) in [5.74, 6) is -0.341. The smallest absolute Gasteiger partial charge is 0.307 e. The van der Waals surface area contributed by atoms with E-state index in [0.717, 1.165) is 16.5 Å². The fourth-order valence-corrected chi connectivity index (χ4v) is 2.67. The van der Waals surface area contributed by atoms with E-state index in [1.54, 1.807) is 0 Å². The molecule has 0 aliphatic heterocycles. The van der Waals surface area contributed by atoms with Crippen LogP contribution in [0, 0.1) is 0 Å². The van der Waals surface area contributed by atoms with Gasteiger partial charge in [-0.15, -0.1) is 0 Å². The van der Waals surface area contributed by atoms with Gasteiger partial charge in [-0.25, -0.2) is 0 Å². The van der Waals surface area contributed by atoms with Crippen molar-refractivity contribution in [3.63, 3.8) is 0 Å². The first kappa shape index (κ1) is 13.2. The van der Waals surface area contributed by atoms with E-state index in [9.17, 15) is 4.79 Å². The molecule has 21 heavy (non-hydrogen) atoms. The molecule has 0 fully saturated rings. The summed E-state index contributed by atoms with van der Waals surface area (Å²) < 4.78 is 1.98. The van der Waals surface area contributed by atoms with E-state index < -0.39 is 5.97 Å². The number of nitrogens with two attached hydrogens (primary N) is 1. The quantitative estimate of drug-likeness (QED) is 0.772. The lowest BCUT2D eigenvalue weighted by Crippen LogP contribution is -2.07. The summed E-state index contributed by atoms with van der Waals surface area (Å²) in [5.41, 5.74) is 9.00. The third-order valence-electron chi connectivity index (χ3n) is 3.63. The second-order valence-corrected chi connectivity index (χ2v) is 5.02. The van der Waals surface area contributed by atoms with Crippen LogP contribution in [-0.4, -0.2) is 15.6 Å². The molecule has 4 heteroatoms. The Balaban J connectivity index is 2.14. The Bertz CT molecular complexity index is 791. The number of aromatic nitrogens is 1. The van der Waals surface area contributed by atoms with Crippen molar-refractivity contribution in [2.24, 2.45) is 0 Å². The van der Waals surface area contributed by atoms with Gasteiger partial charge in [0, 0.05) is 17.5 Å². The fraction of sp³-hybridized carbons (Fsp3) is 0.118. The highest BCUT2D eigenvalue weighted by Gasteiger charge is 2.16. The molecule has 0 atom stereocenters. The minimum absolute atomic E-state index is 0.0614. The van der Waals surface area contributed by atoms with Gasteiger partial charge in [-0.3, -0.25) is 4.79 Å². The van der Waals surface area contributed by atoms with Crippen molar-refractivity contribution in [3.05, 3.63) is 65.7 Å². The van der Waals surface area contributed by atoms with Crippen LogP contribution in [-0.2, 0) is 17.8 Å². The lowest BCUT2D eigenvalue weighted by molar-refractivity contribution is -0.136. The number of hydrogen-bond donors (Lipinski definition) is 2. The first-order chi connectivity index (χ1) is 10.2. The molecule has 3 aromatic rings. The number of para-hydroxylation sites is 1. The summed E-state index contributed by atoms with van der Waals surface area (Å²) in [6.07, 6.45) is -0.0614. The normalized spacial score (nSPS) is 10.9. The number of fused-ring (bicyclic) bond motifs is 1. The molecule has 0 aliphatic carbocycles. The number of anilines is 1. The summed E-state index contributed by atoms with van der Waals surface area (Å²) >= 11 is 0. The number of nitrogen functional groups attached to an aromatic ring is 1. The van der Waals surface area contributed by atoms with Gasteiger partial charge in [-0.05, 0) is 11.6 Å². The van der Waals surface area contributed by atoms with E-state index >= 15 is 0 Å². The molecule has 0 bridgehead atoms. The Hall–Kier alpha value is -2.75. The highest BCUT2D eigenvalue weighted by molar-refractivity contribution is 5.92. The third-order valence-corrected chi connectivity index (χ3v) is 3.63. The Morgan fingerprint density at radius 2 is 1.71 bits per heavy atom. The van der Waals surface area contributed by atoms with Crippen LogP contribution in [0.5, 0.6) is 0 Å². The molecule has 3 rings (SSSR count). The highest BCUT2D eigenvalue weighted by atomic mass is 16.4. The van der Waals surface area contributed by atoms with Gasteiger partial charge in [0.25, 0.3) is 0 Å². The topological polar surface area (TPSA) is 68.2 Å². The monoisotopic (exact) mass is 280 g/mol. The Labute approximate surface area is 122 Å². The van der Waals surface area contributed by atoms with Crippen LogP contribution in [0.2, 0.25) is 0 Å². The predicted molar refractivity (Wildman–Crippen MR) is 83.2 cm³/mol. The number of hydrogen-bond acceptors (Lipinski definition) is 2. The first-order valence-electron chi connectivity index (χ1n) is 6.78. The zero-order valence-corrected chi connectivity index (χ0v) is 11.5. The molecule has 106 valence electrons. The standard InChI is InChI=1S/C17H16N2O2/c18-17-14(10-16(20)21)13-8-4-5-9-15(13)19(17)11-12-6-2-1-3-7-12/h1-9H,10-11,18H2,(H,20,21). The van der Waals surface area contributed by atoms with Crippen LogP contribution < -0.4 is 5.73 Å². The number of carbonyl (C=O) groups is 1. The molecular weight excluding hydrogens is 264 g/mol. The molecule has 0 unspecified atom stereocenters. The van der Waals surface area contributed by atoms with Crippen molar-refractivity contribution in [2.75, 3.05) is 5.73 Å². The molecule has 0 saturated carbocycles. The van der Waals surface area contributed by atoms with Gasteiger partial charge in [0.15, 0.2) is 0 Å². The second kappa shape index (κ2) is 5.32. The van der Waals surface area contributed by atoms with Crippen LogP contribution in [0.3, 0.4) is 0 Å². The third kappa shape index (κ3) is 2.48. The molecular formula is C17H16N2O2. The molecule has 1 heterocycles. The number of nitrogens with zero attached hydrogens (tertiary/aromatic N) is 1. The van der Waals surface area contributed by atoms with Gasteiger partial charge in [-0.1, -0.05) is 48.5 Å². The SMILES string of the molecule is Nc1c(CC(=O)O)c2ccccc2n1Cc1ccccc1. The van der Waals surface area contributed by atoms with Gasteiger partial charge in [-0.2, -0.15) is 0 Å². The zero-order chi connectivity index (χ0) is 14.8. The molecule has 0 amide bonds. The van der Waals surface area contributed by atoms with Crippen LogP contribution in [0.4, 0.5) is 5.82 Å². The molecule has 0 radical (unpaired) electrons. The highest BCUT2D eigenvalue weighted by Crippen LogP contribution is 2.29. The van der Waals surface area contributed by atoms with Crippen LogP contribution in [0.15, 0.2) is 54.6 Å². The second-order valence-electron chi connectivity index (χ2n) is 5.02. The molecule has 0 saturated heterocycles. The van der Waals surface area contributed by atoms with E-state index in [2.05, 4.69) is 0 Å². The number of benzene rings is 2. The Morgan fingerprint density at radius 3 is 2.43 bits per heavy atom. The van der Waals surface area contributed by atoms with Crippen LogP contribution in [0.25, 0.3) is 10.9 Å². The van der Waals surface area contributed by atoms with E-state index in [1.807, 2.05) is 59.2 Å². The number of rotatable bonds is 4. The average Bonchev–Trinajstić information content (AvgIpc) is 2.74. The van der Waals surface area contributed by atoms with Crippen molar-refractivity contribution >= 4 is 22.7 Å². The zero-order valence-electron chi connectivity index (χ0n) is 11.5. The van der Waals surface area contributed by atoms with Crippen molar-refractivity contribution < 1.29 is 9.90 Å². The van der Waals surface area contributed by atoms with E-state index in [1.165, 1.54) is 0 Å². The largest absolute Gasteiger partial charge is 0.481 e. The van der Waals surface area contributed by atoms with Crippen molar-refractivity contribution in [2.45, 2.75) is 13.0 Å². The minimum Gasteiger partial charge on any atom is -0.481 e. The maximum absolute atomic E-state index is 11.1. The van der Waals surface area contributed by atoms with Crippen molar-refractivity contribution in [1.29, 1.82) is 0 Å². The number of carboxylic acid groups (broad SMARTS) is 1. The summed E-state index contributed by atoms with van der Waals surface area (Å²) in [7, 11) is 0. The molecule has 2 aromatic carbocycles. The van der Waals surface area contributed by atoms with Gasteiger partial charge in [0.05, 0.1) is 11.9 Å². The number of aliphatic carboxylic acids is 1. The van der Waals surface area contributed by atoms with E-state index in [0.29, 0.717) is 17.9 Å². The average molecular weight is 280 g/mol. The molecule has 0 aliphatic rings. The van der Waals surface area contributed by atoms with E-state index in [-0.39, 0.29) is 6.42 Å². The maximum atomic E-state index is 11.1. The minimum atomic E-state index is -0.871. The van der Waals surface area contributed by atoms with Gasteiger partial charge in [0.1, 0.15) is 5.82 Å².